The summed E-state index contributed by atoms with van der Waals surface area (Å²) in [7, 11) is 0. The van der Waals surface area contributed by atoms with Crippen molar-refractivity contribution >= 4 is 23.4 Å². The van der Waals surface area contributed by atoms with E-state index in [-0.39, 0.29) is 30.0 Å². The summed E-state index contributed by atoms with van der Waals surface area (Å²) in [6.45, 7) is 1.90. The number of hydrogen-bond donors (Lipinski definition) is 3. The lowest BCUT2D eigenvalue weighted by Crippen LogP contribution is -2.61. The van der Waals surface area contributed by atoms with Crippen LogP contribution in [0.4, 0.5) is 0 Å². The lowest BCUT2D eigenvalue weighted by Gasteiger charge is -2.44. The second-order valence-electron chi connectivity index (χ2n) is 7.85. The lowest BCUT2D eigenvalue weighted by atomic mass is 9.82. The predicted octanol–water partition coefficient (Wildman–Crippen LogP) is 1.35. The summed E-state index contributed by atoms with van der Waals surface area (Å²) >= 11 is 0. The smallest absolute Gasteiger partial charge is 0.352 e. The van der Waals surface area contributed by atoms with Gasteiger partial charge >= 0.3 is 5.97 Å². The molecule has 2 amide bonds. The summed E-state index contributed by atoms with van der Waals surface area (Å²) in [6.07, 6.45) is 1.42. The van der Waals surface area contributed by atoms with E-state index in [1.807, 2.05) is 18.2 Å². The lowest BCUT2D eigenvalue weighted by molar-refractivity contribution is -0.161. The van der Waals surface area contributed by atoms with Crippen LogP contribution in [0.5, 0.6) is 0 Å². The average Bonchev–Trinajstić information content (AvgIpc) is 3.08. The number of carbonyl (C=O) groups excluding carboxylic acids is 2. The fourth-order valence-electron chi connectivity index (χ4n) is 4.29. The number of aliphatic hydroxyl groups is 1. The van der Waals surface area contributed by atoms with Crippen molar-refractivity contribution in [2.45, 2.75) is 38.5 Å². The Bertz CT molecular complexity index is 1050. The molecule has 31 heavy (non-hydrogen) atoms. The second kappa shape index (κ2) is 8.31. The standard InChI is InChI=1S/C23H23N3O5/c1-13(27)20-18-11-17(21(23(30)31)26(18)22(20)29)15-7-5-14(6-8-15)10-19(28)25-12-16-4-2-3-9-24-16/h2-9,13,18,20,27H,10-12H2,1H3,(H,25,28)(H,30,31)/t13-,18-,20-/m1/s1. The van der Waals surface area contributed by atoms with Crippen molar-refractivity contribution in [2.75, 3.05) is 0 Å². The molecule has 1 fully saturated rings. The number of aliphatic hydroxyl groups excluding tert-OH is 1. The van der Waals surface area contributed by atoms with E-state index in [1.54, 1.807) is 37.4 Å². The molecule has 0 spiro atoms. The normalized spacial score (nSPS) is 20.8. The molecule has 4 rings (SSSR count). The van der Waals surface area contributed by atoms with Crippen LogP contribution in [0.1, 0.15) is 30.2 Å². The Balaban J connectivity index is 1.45. The largest absolute Gasteiger partial charge is 0.477 e. The number of rotatable bonds is 7. The summed E-state index contributed by atoms with van der Waals surface area (Å²) in [5.74, 6) is -2.23. The van der Waals surface area contributed by atoms with Gasteiger partial charge in [-0.1, -0.05) is 30.3 Å². The number of pyridine rings is 1. The number of amides is 2. The van der Waals surface area contributed by atoms with E-state index in [4.69, 9.17) is 0 Å². The van der Waals surface area contributed by atoms with Gasteiger partial charge in [-0.2, -0.15) is 0 Å². The van der Waals surface area contributed by atoms with Gasteiger partial charge in [0.15, 0.2) is 0 Å². The van der Waals surface area contributed by atoms with Crippen molar-refractivity contribution < 1.29 is 24.6 Å². The van der Waals surface area contributed by atoms with Crippen LogP contribution in [-0.4, -0.2) is 50.0 Å². The predicted molar refractivity (Wildman–Crippen MR) is 111 cm³/mol. The summed E-state index contributed by atoms with van der Waals surface area (Å²) in [5.41, 5.74) is 2.81. The molecule has 2 aromatic rings. The fraction of sp³-hybridized carbons (Fsp3) is 0.304. The van der Waals surface area contributed by atoms with Gasteiger partial charge in [0, 0.05) is 6.20 Å². The number of β-lactam (4-membered cyclic amide) rings is 1. The number of benzene rings is 1. The Labute approximate surface area is 179 Å². The summed E-state index contributed by atoms with van der Waals surface area (Å²) in [6, 6.07) is 12.3. The van der Waals surface area contributed by atoms with E-state index in [0.717, 1.165) is 11.3 Å². The number of hydrogen-bond acceptors (Lipinski definition) is 5. The highest BCUT2D eigenvalue weighted by molar-refractivity contribution is 6.06. The van der Waals surface area contributed by atoms with Gasteiger partial charge in [0.25, 0.3) is 0 Å². The van der Waals surface area contributed by atoms with Gasteiger partial charge in [0.05, 0.1) is 36.7 Å². The first-order valence-electron chi connectivity index (χ1n) is 10.1. The van der Waals surface area contributed by atoms with Crippen LogP contribution < -0.4 is 5.32 Å². The van der Waals surface area contributed by atoms with Crippen LogP contribution in [0, 0.1) is 5.92 Å². The van der Waals surface area contributed by atoms with Gasteiger partial charge in [0.2, 0.25) is 11.8 Å². The van der Waals surface area contributed by atoms with Gasteiger partial charge in [-0.3, -0.25) is 14.6 Å². The van der Waals surface area contributed by atoms with E-state index >= 15 is 0 Å². The summed E-state index contributed by atoms with van der Waals surface area (Å²) < 4.78 is 0. The monoisotopic (exact) mass is 421 g/mol. The number of carbonyl (C=O) groups is 3. The van der Waals surface area contributed by atoms with Crippen LogP contribution in [0.25, 0.3) is 5.57 Å². The number of aliphatic carboxylic acids is 1. The van der Waals surface area contributed by atoms with Crippen molar-refractivity contribution in [3.63, 3.8) is 0 Å². The highest BCUT2D eigenvalue weighted by Gasteiger charge is 2.56. The molecule has 2 aliphatic rings. The SMILES string of the molecule is C[C@@H](O)[C@H]1C(=O)N2C(C(=O)O)=C(c3ccc(CC(=O)NCc4ccccn4)cc3)C[C@H]12. The third kappa shape index (κ3) is 3.94. The van der Waals surface area contributed by atoms with Gasteiger partial charge in [-0.25, -0.2) is 4.79 Å². The zero-order chi connectivity index (χ0) is 22.1. The maximum Gasteiger partial charge on any atom is 0.352 e. The molecular formula is C23H23N3O5. The molecule has 3 N–H and O–H groups in total. The van der Waals surface area contributed by atoms with Crippen molar-refractivity contribution in [2.24, 2.45) is 5.92 Å². The molecule has 1 aromatic carbocycles. The third-order valence-corrected chi connectivity index (χ3v) is 5.79. The Hall–Kier alpha value is -3.52. The first kappa shape index (κ1) is 20.7. The van der Waals surface area contributed by atoms with Crippen LogP contribution in [0.3, 0.4) is 0 Å². The maximum atomic E-state index is 12.3. The number of aromatic nitrogens is 1. The zero-order valence-electron chi connectivity index (χ0n) is 17.0. The highest BCUT2D eigenvalue weighted by Crippen LogP contribution is 2.46. The minimum Gasteiger partial charge on any atom is -0.477 e. The second-order valence-corrected chi connectivity index (χ2v) is 7.85. The van der Waals surface area contributed by atoms with Crippen LogP contribution in [0.15, 0.2) is 54.4 Å². The molecule has 0 radical (unpaired) electrons. The molecule has 0 saturated carbocycles. The molecule has 1 aromatic heterocycles. The molecule has 1 saturated heterocycles. The van der Waals surface area contributed by atoms with E-state index in [1.165, 1.54) is 4.90 Å². The van der Waals surface area contributed by atoms with E-state index < -0.39 is 18.0 Å². The van der Waals surface area contributed by atoms with E-state index in [9.17, 15) is 24.6 Å². The molecule has 2 aliphatic heterocycles. The molecule has 0 unspecified atom stereocenters. The van der Waals surface area contributed by atoms with Crippen molar-refractivity contribution in [3.05, 3.63) is 71.2 Å². The third-order valence-electron chi connectivity index (χ3n) is 5.79. The molecule has 3 atom stereocenters. The fourth-order valence-corrected chi connectivity index (χ4v) is 4.29. The van der Waals surface area contributed by atoms with Crippen molar-refractivity contribution in [1.29, 1.82) is 0 Å². The summed E-state index contributed by atoms with van der Waals surface area (Å²) in [4.78, 5) is 41.8. The Kier molecular flexibility index (Phi) is 5.56. The maximum absolute atomic E-state index is 12.3. The van der Waals surface area contributed by atoms with Crippen molar-refractivity contribution in [1.82, 2.24) is 15.2 Å². The summed E-state index contributed by atoms with van der Waals surface area (Å²) in [5, 5.41) is 22.3. The minimum atomic E-state index is -1.16. The van der Waals surface area contributed by atoms with Crippen LogP contribution in [0.2, 0.25) is 0 Å². The Morgan fingerprint density at radius 1 is 1.23 bits per heavy atom. The van der Waals surface area contributed by atoms with Crippen LogP contribution in [-0.2, 0) is 27.3 Å². The number of carboxylic acids is 1. The number of fused-ring (bicyclic) bond motifs is 1. The average molecular weight is 421 g/mol. The van der Waals surface area contributed by atoms with Gasteiger partial charge in [-0.05, 0) is 42.2 Å². The molecular weight excluding hydrogens is 398 g/mol. The quantitative estimate of drug-likeness (QED) is 0.581. The van der Waals surface area contributed by atoms with E-state index in [0.29, 0.717) is 24.1 Å². The van der Waals surface area contributed by atoms with Crippen molar-refractivity contribution in [3.8, 4) is 0 Å². The zero-order valence-corrected chi connectivity index (χ0v) is 17.0. The molecule has 3 heterocycles. The Morgan fingerprint density at radius 2 is 1.97 bits per heavy atom. The molecule has 8 nitrogen and oxygen atoms in total. The first-order valence-corrected chi connectivity index (χ1v) is 10.1. The molecule has 160 valence electrons. The molecule has 8 heteroatoms. The topological polar surface area (TPSA) is 120 Å². The number of carboxylic acid groups (broad SMARTS) is 1. The number of nitrogens with zero attached hydrogens (tertiary/aromatic N) is 2. The molecule has 0 aliphatic carbocycles. The van der Waals surface area contributed by atoms with Gasteiger partial charge < -0.3 is 20.4 Å². The van der Waals surface area contributed by atoms with Gasteiger partial charge in [0.1, 0.15) is 5.70 Å². The van der Waals surface area contributed by atoms with Gasteiger partial charge in [-0.15, -0.1) is 0 Å². The minimum absolute atomic E-state index is 0.0206. The van der Waals surface area contributed by atoms with Crippen LogP contribution >= 0.6 is 0 Å². The first-order chi connectivity index (χ1) is 14.9. The highest BCUT2D eigenvalue weighted by atomic mass is 16.4. The molecule has 0 bridgehead atoms. The Morgan fingerprint density at radius 3 is 2.58 bits per heavy atom. The number of nitrogens with one attached hydrogen (secondary N) is 1. The van der Waals surface area contributed by atoms with E-state index in [2.05, 4.69) is 10.3 Å².